The molecule has 0 saturated carbocycles. The number of pyridine rings is 1. The highest BCUT2D eigenvalue weighted by molar-refractivity contribution is 5.98. The predicted molar refractivity (Wildman–Crippen MR) is 114 cm³/mol. The van der Waals surface area contributed by atoms with Crippen molar-refractivity contribution < 1.29 is 19.1 Å². The first-order chi connectivity index (χ1) is 14.7. The smallest absolute Gasteiger partial charge is 0.326 e. The molecule has 6 heteroatoms. The molecule has 0 saturated heterocycles. The Morgan fingerprint density at radius 3 is 2.27 bits per heavy atom. The number of benzene rings is 2. The Hall–Kier alpha value is -3.67. The third-order valence-corrected chi connectivity index (χ3v) is 4.40. The second-order valence-electron chi connectivity index (χ2n) is 6.59. The van der Waals surface area contributed by atoms with Crippen molar-refractivity contribution in [2.24, 2.45) is 0 Å². The molecule has 0 bridgehead atoms. The molecule has 30 heavy (non-hydrogen) atoms. The van der Waals surface area contributed by atoms with E-state index < -0.39 is 5.97 Å². The van der Waals surface area contributed by atoms with Crippen LogP contribution in [0.25, 0.3) is 0 Å². The first kappa shape index (κ1) is 21.0. The summed E-state index contributed by atoms with van der Waals surface area (Å²) in [6, 6.07) is 20.7. The van der Waals surface area contributed by atoms with Gasteiger partial charge in [0.25, 0.3) is 0 Å². The van der Waals surface area contributed by atoms with Gasteiger partial charge in [0.2, 0.25) is 5.91 Å². The molecule has 0 aliphatic rings. The maximum absolute atomic E-state index is 12.9. The summed E-state index contributed by atoms with van der Waals surface area (Å²) in [4.78, 5) is 30.3. The van der Waals surface area contributed by atoms with Crippen LogP contribution in [-0.2, 0) is 27.4 Å². The zero-order chi connectivity index (χ0) is 21.2. The average molecular weight is 404 g/mol. The molecule has 1 amide bonds. The summed E-state index contributed by atoms with van der Waals surface area (Å²) in [6.07, 6.45) is 3.32. The summed E-state index contributed by atoms with van der Waals surface area (Å²) in [6.45, 7) is 2.34. The Kier molecular flexibility index (Phi) is 7.55. The Morgan fingerprint density at radius 1 is 0.900 bits per heavy atom. The van der Waals surface area contributed by atoms with Gasteiger partial charge in [0, 0.05) is 18.1 Å². The lowest BCUT2D eigenvalue weighted by molar-refractivity contribution is -0.142. The number of aromatic nitrogens is 1. The maximum atomic E-state index is 12.9. The molecular formula is C24H24N2O4. The number of anilines is 1. The van der Waals surface area contributed by atoms with Crippen LogP contribution >= 0.6 is 0 Å². The highest BCUT2D eigenvalue weighted by Crippen LogP contribution is 2.18. The van der Waals surface area contributed by atoms with Crippen molar-refractivity contribution in [1.82, 2.24) is 4.98 Å². The lowest BCUT2D eigenvalue weighted by Crippen LogP contribution is -2.37. The van der Waals surface area contributed by atoms with Gasteiger partial charge in [-0.1, -0.05) is 42.5 Å². The summed E-state index contributed by atoms with van der Waals surface area (Å²) < 4.78 is 10.8. The van der Waals surface area contributed by atoms with Gasteiger partial charge in [0.15, 0.2) is 0 Å². The molecule has 0 aliphatic heterocycles. The van der Waals surface area contributed by atoms with Crippen molar-refractivity contribution in [2.75, 3.05) is 18.1 Å². The highest BCUT2D eigenvalue weighted by Gasteiger charge is 2.20. The molecule has 1 aromatic heterocycles. The van der Waals surface area contributed by atoms with Crippen LogP contribution in [0.3, 0.4) is 0 Å². The molecule has 3 aromatic rings. The van der Waals surface area contributed by atoms with E-state index in [4.69, 9.17) is 9.47 Å². The summed E-state index contributed by atoms with van der Waals surface area (Å²) in [5.41, 5.74) is 2.52. The maximum Gasteiger partial charge on any atom is 0.326 e. The Bertz CT molecular complexity index is 944. The SMILES string of the molecule is CCOC(=O)CN(C(=O)Cc1ccc(OCc2ccccc2)cc1)c1ccncc1. The van der Waals surface area contributed by atoms with Crippen LogP contribution < -0.4 is 9.64 Å². The van der Waals surface area contributed by atoms with Crippen molar-refractivity contribution in [1.29, 1.82) is 0 Å². The molecule has 154 valence electrons. The van der Waals surface area contributed by atoms with Gasteiger partial charge < -0.3 is 14.4 Å². The lowest BCUT2D eigenvalue weighted by atomic mass is 10.1. The highest BCUT2D eigenvalue weighted by atomic mass is 16.5. The number of carbonyl (C=O) groups is 2. The van der Waals surface area contributed by atoms with Crippen LogP contribution in [0.1, 0.15) is 18.1 Å². The third-order valence-electron chi connectivity index (χ3n) is 4.40. The van der Waals surface area contributed by atoms with Gasteiger partial charge in [-0.15, -0.1) is 0 Å². The number of esters is 1. The van der Waals surface area contributed by atoms with Crippen LogP contribution in [0.5, 0.6) is 5.75 Å². The standard InChI is InChI=1S/C24H24N2O4/c1-2-29-24(28)17-26(21-12-14-25-15-13-21)23(27)16-19-8-10-22(11-9-19)30-18-20-6-4-3-5-7-20/h3-15H,2,16-18H2,1H3. The molecule has 1 heterocycles. The number of hydrogen-bond acceptors (Lipinski definition) is 5. The monoisotopic (exact) mass is 404 g/mol. The zero-order valence-corrected chi connectivity index (χ0v) is 16.9. The third kappa shape index (κ3) is 6.17. The molecule has 0 fully saturated rings. The van der Waals surface area contributed by atoms with Gasteiger partial charge in [0.1, 0.15) is 18.9 Å². The quantitative estimate of drug-likeness (QED) is 0.508. The number of ether oxygens (including phenoxy) is 2. The van der Waals surface area contributed by atoms with Gasteiger partial charge in [-0.3, -0.25) is 14.6 Å². The summed E-state index contributed by atoms with van der Waals surface area (Å²) in [5, 5.41) is 0. The predicted octanol–water partition coefficient (Wildman–Crippen LogP) is 3.80. The van der Waals surface area contributed by atoms with Crippen molar-refractivity contribution in [3.8, 4) is 5.75 Å². The molecule has 3 rings (SSSR count). The van der Waals surface area contributed by atoms with Gasteiger partial charge in [-0.2, -0.15) is 0 Å². The van der Waals surface area contributed by atoms with E-state index >= 15 is 0 Å². The minimum atomic E-state index is -0.452. The van der Waals surface area contributed by atoms with Gasteiger partial charge in [-0.05, 0) is 42.3 Å². The van der Waals surface area contributed by atoms with E-state index in [1.54, 1.807) is 31.5 Å². The first-order valence-electron chi connectivity index (χ1n) is 9.77. The minimum Gasteiger partial charge on any atom is -0.489 e. The summed E-state index contributed by atoms with van der Waals surface area (Å²) in [7, 11) is 0. The van der Waals surface area contributed by atoms with E-state index in [1.807, 2.05) is 54.6 Å². The normalized spacial score (nSPS) is 10.3. The van der Waals surface area contributed by atoms with Gasteiger partial charge >= 0.3 is 5.97 Å². The largest absolute Gasteiger partial charge is 0.489 e. The molecule has 0 spiro atoms. The molecule has 0 aliphatic carbocycles. The molecular weight excluding hydrogens is 380 g/mol. The van der Waals surface area contributed by atoms with Crippen molar-refractivity contribution >= 4 is 17.6 Å². The number of nitrogens with zero attached hydrogens (tertiary/aromatic N) is 2. The molecule has 0 atom stereocenters. The first-order valence-corrected chi connectivity index (χ1v) is 9.77. The van der Waals surface area contributed by atoms with Crippen LogP contribution in [0.15, 0.2) is 79.1 Å². The molecule has 0 radical (unpaired) electrons. The Balaban J connectivity index is 1.63. The van der Waals surface area contributed by atoms with Crippen LogP contribution in [0.2, 0.25) is 0 Å². The number of rotatable bonds is 9. The topological polar surface area (TPSA) is 68.7 Å². The summed E-state index contributed by atoms with van der Waals surface area (Å²) in [5.74, 6) is 0.0760. The van der Waals surface area contributed by atoms with E-state index in [-0.39, 0.29) is 25.5 Å². The van der Waals surface area contributed by atoms with Crippen LogP contribution in [-0.4, -0.2) is 30.0 Å². The van der Waals surface area contributed by atoms with Crippen LogP contribution in [0, 0.1) is 0 Å². The van der Waals surface area contributed by atoms with Crippen molar-refractivity contribution in [2.45, 2.75) is 20.0 Å². The van der Waals surface area contributed by atoms with Gasteiger partial charge in [0.05, 0.1) is 13.0 Å². The van der Waals surface area contributed by atoms with E-state index in [1.165, 1.54) is 4.90 Å². The minimum absolute atomic E-state index is 0.144. The molecule has 0 unspecified atom stereocenters. The lowest BCUT2D eigenvalue weighted by Gasteiger charge is -2.22. The van der Waals surface area contributed by atoms with Crippen LogP contribution in [0.4, 0.5) is 5.69 Å². The van der Waals surface area contributed by atoms with E-state index in [0.29, 0.717) is 12.3 Å². The van der Waals surface area contributed by atoms with Crippen molar-refractivity contribution in [3.05, 3.63) is 90.3 Å². The second-order valence-corrected chi connectivity index (χ2v) is 6.59. The fourth-order valence-corrected chi connectivity index (χ4v) is 2.90. The number of hydrogen-bond donors (Lipinski definition) is 0. The number of amides is 1. The zero-order valence-electron chi connectivity index (χ0n) is 16.9. The van der Waals surface area contributed by atoms with E-state index in [2.05, 4.69) is 4.98 Å². The van der Waals surface area contributed by atoms with Crippen molar-refractivity contribution in [3.63, 3.8) is 0 Å². The van der Waals surface area contributed by atoms with E-state index in [0.717, 1.165) is 16.9 Å². The summed E-state index contributed by atoms with van der Waals surface area (Å²) >= 11 is 0. The molecule has 0 N–H and O–H groups in total. The molecule has 2 aromatic carbocycles. The average Bonchev–Trinajstić information content (AvgIpc) is 2.78. The Labute approximate surface area is 176 Å². The number of carbonyl (C=O) groups excluding carboxylic acids is 2. The fourth-order valence-electron chi connectivity index (χ4n) is 2.90. The van der Waals surface area contributed by atoms with Gasteiger partial charge in [-0.25, -0.2) is 0 Å². The van der Waals surface area contributed by atoms with E-state index in [9.17, 15) is 9.59 Å². The Morgan fingerprint density at radius 2 is 1.60 bits per heavy atom. The molecule has 6 nitrogen and oxygen atoms in total. The second kappa shape index (κ2) is 10.8. The fraction of sp³-hybridized carbons (Fsp3) is 0.208.